The lowest BCUT2D eigenvalue weighted by atomic mass is 10.0. The van der Waals surface area contributed by atoms with Crippen LogP contribution in [0.1, 0.15) is 39.5 Å². The molecule has 0 spiro atoms. The fourth-order valence-corrected chi connectivity index (χ4v) is 2.31. The van der Waals surface area contributed by atoms with Crippen molar-refractivity contribution in [3.05, 3.63) is 0 Å². The maximum absolute atomic E-state index is 12.0. The lowest BCUT2D eigenvalue weighted by molar-refractivity contribution is -0.136. The van der Waals surface area contributed by atoms with Crippen molar-refractivity contribution in [1.82, 2.24) is 10.2 Å². The number of rotatable bonds is 6. The summed E-state index contributed by atoms with van der Waals surface area (Å²) >= 11 is 0. The molecule has 1 aliphatic rings. The third kappa shape index (κ3) is 3.98. The van der Waals surface area contributed by atoms with Gasteiger partial charge in [-0.15, -0.1) is 0 Å². The molecule has 1 heterocycles. The minimum Gasteiger partial charge on any atom is -0.344 e. The van der Waals surface area contributed by atoms with Gasteiger partial charge >= 0.3 is 0 Å². The number of carbonyl (C=O) groups excluding carboxylic acids is 2. The molecule has 1 fully saturated rings. The highest BCUT2D eigenvalue weighted by atomic mass is 16.2. The van der Waals surface area contributed by atoms with Crippen LogP contribution in [0.25, 0.3) is 0 Å². The van der Waals surface area contributed by atoms with Crippen molar-refractivity contribution in [1.29, 1.82) is 0 Å². The fourth-order valence-electron chi connectivity index (χ4n) is 2.31. The number of carbonyl (C=O) groups is 2. The standard InChI is InChI=1S/C13H25N3O2/c1-3-6-11(9-14)12(17)15-10(2)13(18)16-7-4-5-8-16/h10-11H,3-9,14H2,1-2H3,(H,15,17). The number of amides is 2. The molecule has 5 heteroatoms. The quantitative estimate of drug-likeness (QED) is 0.725. The highest BCUT2D eigenvalue weighted by Crippen LogP contribution is 2.10. The van der Waals surface area contributed by atoms with Gasteiger partial charge < -0.3 is 16.0 Å². The van der Waals surface area contributed by atoms with Gasteiger partial charge in [0.1, 0.15) is 6.04 Å². The molecule has 0 saturated carbocycles. The van der Waals surface area contributed by atoms with Crippen LogP contribution in [0.3, 0.4) is 0 Å². The van der Waals surface area contributed by atoms with Crippen LogP contribution in [-0.4, -0.2) is 42.4 Å². The first-order chi connectivity index (χ1) is 8.60. The Hall–Kier alpha value is -1.10. The second-order valence-electron chi connectivity index (χ2n) is 4.98. The predicted octanol–water partition coefficient (Wildman–Crippen LogP) is 0.489. The molecule has 1 saturated heterocycles. The zero-order valence-corrected chi connectivity index (χ0v) is 11.4. The zero-order chi connectivity index (χ0) is 13.5. The SMILES string of the molecule is CCCC(CN)C(=O)NC(C)C(=O)N1CCCC1. The van der Waals surface area contributed by atoms with Crippen LogP contribution in [0.2, 0.25) is 0 Å². The summed E-state index contributed by atoms with van der Waals surface area (Å²) in [6, 6.07) is -0.443. The molecule has 104 valence electrons. The average Bonchev–Trinajstić information content (AvgIpc) is 2.88. The van der Waals surface area contributed by atoms with E-state index in [1.807, 2.05) is 11.8 Å². The molecular formula is C13H25N3O2. The molecular weight excluding hydrogens is 230 g/mol. The molecule has 0 aromatic heterocycles. The fraction of sp³-hybridized carbons (Fsp3) is 0.846. The van der Waals surface area contributed by atoms with E-state index in [1.54, 1.807) is 6.92 Å². The van der Waals surface area contributed by atoms with E-state index in [0.29, 0.717) is 6.54 Å². The van der Waals surface area contributed by atoms with Crippen LogP contribution >= 0.6 is 0 Å². The Bertz CT molecular complexity index is 288. The first-order valence-corrected chi connectivity index (χ1v) is 6.89. The molecule has 2 atom stereocenters. The number of hydrogen-bond donors (Lipinski definition) is 2. The van der Waals surface area contributed by atoms with Gasteiger partial charge in [-0.25, -0.2) is 0 Å². The van der Waals surface area contributed by atoms with Gasteiger partial charge in [0, 0.05) is 19.6 Å². The summed E-state index contributed by atoms with van der Waals surface area (Å²) in [5.74, 6) is -0.253. The van der Waals surface area contributed by atoms with Crippen molar-refractivity contribution < 1.29 is 9.59 Å². The summed E-state index contributed by atoms with van der Waals surface area (Å²) in [5, 5.41) is 2.78. The maximum Gasteiger partial charge on any atom is 0.244 e. The van der Waals surface area contributed by atoms with Crippen molar-refractivity contribution in [2.24, 2.45) is 11.7 Å². The predicted molar refractivity (Wildman–Crippen MR) is 70.9 cm³/mol. The van der Waals surface area contributed by atoms with E-state index in [4.69, 9.17) is 5.73 Å². The topological polar surface area (TPSA) is 75.4 Å². The Morgan fingerprint density at radius 1 is 1.33 bits per heavy atom. The van der Waals surface area contributed by atoms with Gasteiger partial charge in [0.2, 0.25) is 11.8 Å². The van der Waals surface area contributed by atoms with Gasteiger partial charge in [0.15, 0.2) is 0 Å². The second kappa shape index (κ2) is 7.36. The summed E-state index contributed by atoms with van der Waals surface area (Å²) in [5.41, 5.74) is 5.58. The molecule has 5 nitrogen and oxygen atoms in total. The number of likely N-dealkylation sites (tertiary alicyclic amines) is 1. The van der Waals surface area contributed by atoms with Crippen LogP contribution < -0.4 is 11.1 Å². The summed E-state index contributed by atoms with van der Waals surface area (Å²) in [4.78, 5) is 25.8. The minimum absolute atomic E-state index is 0.0214. The Morgan fingerprint density at radius 2 is 1.94 bits per heavy atom. The van der Waals surface area contributed by atoms with E-state index in [2.05, 4.69) is 5.32 Å². The molecule has 18 heavy (non-hydrogen) atoms. The largest absolute Gasteiger partial charge is 0.344 e. The van der Waals surface area contributed by atoms with E-state index >= 15 is 0 Å². The Kier molecular flexibility index (Phi) is 6.12. The molecule has 1 aliphatic heterocycles. The number of nitrogens with zero attached hydrogens (tertiary/aromatic N) is 1. The average molecular weight is 255 g/mol. The number of nitrogens with two attached hydrogens (primary N) is 1. The van der Waals surface area contributed by atoms with Crippen LogP contribution in [0.4, 0.5) is 0 Å². The van der Waals surface area contributed by atoms with Gasteiger partial charge in [0.05, 0.1) is 5.92 Å². The smallest absolute Gasteiger partial charge is 0.244 e. The highest BCUT2D eigenvalue weighted by molar-refractivity contribution is 5.88. The molecule has 0 aromatic carbocycles. The summed E-state index contributed by atoms with van der Waals surface area (Å²) < 4.78 is 0. The third-order valence-electron chi connectivity index (χ3n) is 3.44. The van der Waals surface area contributed by atoms with Gasteiger partial charge in [-0.2, -0.15) is 0 Å². The van der Waals surface area contributed by atoms with Crippen LogP contribution in [-0.2, 0) is 9.59 Å². The zero-order valence-electron chi connectivity index (χ0n) is 11.4. The van der Waals surface area contributed by atoms with Crippen molar-refractivity contribution in [2.75, 3.05) is 19.6 Å². The molecule has 0 radical (unpaired) electrons. The third-order valence-corrected chi connectivity index (χ3v) is 3.44. The van der Waals surface area contributed by atoms with Gasteiger partial charge in [-0.1, -0.05) is 13.3 Å². The lowest BCUT2D eigenvalue weighted by Crippen LogP contribution is -2.48. The summed E-state index contributed by atoms with van der Waals surface area (Å²) in [6.07, 6.45) is 3.82. The van der Waals surface area contributed by atoms with Gasteiger partial charge in [-0.3, -0.25) is 9.59 Å². The van der Waals surface area contributed by atoms with Crippen molar-refractivity contribution in [3.8, 4) is 0 Å². The van der Waals surface area contributed by atoms with E-state index < -0.39 is 6.04 Å². The molecule has 0 bridgehead atoms. The molecule has 2 amide bonds. The van der Waals surface area contributed by atoms with E-state index in [0.717, 1.165) is 38.8 Å². The van der Waals surface area contributed by atoms with Crippen molar-refractivity contribution >= 4 is 11.8 Å². The molecule has 1 rings (SSSR count). The van der Waals surface area contributed by atoms with E-state index in [1.165, 1.54) is 0 Å². The molecule has 0 aromatic rings. The molecule has 0 aliphatic carbocycles. The van der Waals surface area contributed by atoms with Crippen molar-refractivity contribution in [3.63, 3.8) is 0 Å². The van der Waals surface area contributed by atoms with E-state index in [-0.39, 0.29) is 17.7 Å². The second-order valence-corrected chi connectivity index (χ2v) is 4.98. The lowest BCUT2D eigenvalue weighted by Gasteiger charge is -2.23. The normalized spacial score (nSPS) is 18.5. The summed E-state index contributed by atoms with van der Waals surface area (Å²) in [6.45, 7) is 5.74. The number of nitrogens with one attached hydrogen (secondary N) is 1. The maximum atomic E-state index is 12.0. The van der Waals surface area contributed by atoms with Crippen LogP contribution in [0, 0.1) is 5.92 Å². The Morgan fingerprint density at radius 3 is 2.44 bits per heavy atom. The van der Waals surface area contributed by atoms with Crippen LogP contribution in [0.5, 0.6) is 0 Å². The van der Waals surface area contributed by atoms with Crippen molar-refractivity contribution in [2.45, 2.75) is 45.6 Å². The van der Waals surface area contributed by atoms with Gasteiger partial charge in [-0.05, 0) is 26.2 Å². The minimum atomic E-state index is -0.443. The monoisotopic (exact) mass is 255 g/mol. The van der Waals surface area contributed by atoms with E-state index in [9.17, 15) is 9.59 Å². The molecule has 3 N–H and O–H groups in total. The van der Waals surface area contributed by atoms with Gasteiger partial charge in [0.25, 0.3) is 0 Å². The first-order valence-electron chi connectivity index (χ1n) is 6.89. The van der Waals surface area contributed by atoms with Crippen LogP contribution in [0.15, 0.2) is 0 Å². The Labute approximate surface area is 109 Å². The first kappa shape index (κ1) is 15.0. The Balaban J connectivity index is 2.44. The molecule has 2 unspecified atom stereocenters. The highest BCUT2D eigenvalue weighted by Gasteiger charge is 2.26. The number of hydrogen-bond acceptors (Lipinski definition) is 3. The summed E-state index contributed by atoms with van der Waals surface area (Å²) in [7, 11) is 0.